The zero-order valence-electron chi connectivity index (χ0n) is 8.33. The van der Waals surface area contributed by atoms with E-state index in [-0.39, 0.29) is 6.61 Å². The van der Waals surface area contributed by atoms with Crippen LogP contribution < -0.4 is 0 Å². The van der Waals surface area contributed by atoms with Gasteiger partial charge in [-0.15, -0.1) is 0 Å². The fraction of sp³-hybridized carbons (Fsp3) is 0.222. The smallest absolute Gasteiger partial charge is 0.328 e. The van der Waals surface area contributed by atoms with Crippen LogP contribution in [0.15, 0.2) is 24.7 Å². The fourth-order valence-electron chi connectivity index (χ4n) is 0.685. The molecular formula is C9H12N2O5. The molecule has 0 spiro atoms. The number of rotatable bonds is 4. The van der Waals surface area contributed by atoms with Gasteiger partial charge in [0.15, 0.2) is 0 Å². The highest BCUT2D eigenvalue weighted by Gasteiger charge is 1.89. The summed E-state index contributed by atoms with van der Waals surface area (Å²) >= 11 is 0. The summed E-state index contributed by atoms with van der Waals surface area (Å²) in [6, 6.07) is 0. The number of carboxylic acid groups (broad SMARTS) is 2. The second-order valence-corrected chi connectivity index (χ2v) is 2.54. The zero-order chi connectivity index (χ0) is 12.4. The number of hydrogen-bond acceptors (Lipinski definition) is 4. The van der Waals surface area contributed by atoms with Gasteiger partial charge in [-0.05, 0) is 0 Å². The molecule has 1 heterocycles. The van der Waals surface area contributed by atoms with E-state index in [1.807, 2.05) is 0 Å². The Hall–Kier alpha value is -2.15. The van der Waals surface area contributed by atoms with Gasteiger partial charge in [0.25, 0.3) is 0 Å². The lowest BCUT2D eigenvalue weighted by molar-refractivity contribution is -0.134. The van der Waals surface area contributed by atoms with Crippen molar-refractivity contribution in [2.75, 3.05) is 6.61 Å². The average molecular weight is 228 g/mol. The maximum Gasteiger partial charge on any atom is 0.328 e. The summed E-state index contributed by atoms with van der Waals surface area (Å²) in [5, 5.41) is 24.0. The lowest BCUT2D eigenvalue weighted by Gasteiger charge is -1.84. The molecule has 0 aromatic carbocycles. The molecule has 7 nitrogen and oxygen atoms in total. The van der Waals surface area contributed by atoms with Crippen molar-refractivity contribution in [1.82, 2.24) is 9.97 Å². The SMILES string of the molecule is O=C(O)/C=C\C(=O)O.OCCc1c[nH]cn1. The van der Waals surface area contributed by atoms with Crippen molar-refractivity contribution in [2.45, 2.75) is 6.42 Å². The van der Waals surface area contributed by atoms with Gasteiger partial charge in [0.2, 0.25) is 0 Å². The third-order valence-corrected chi connectivity index (χ3v) is 1.29. The molecule has 0 radical (unpaired) electrons. The summed E-state index contributed by atoms with van der Waals surface area (Å²) in [6.45, 7) is 0.171. The van der Waals surface area contributed by atoms with E-state index in [1.165, 1.54) is 0 Å². The van der Waals surface area contributed by atoms with Gasteiger partial charge in [-0.3, -0.25) is 0 Å². The number of aliphatic hydroxyl groups excluding tert-OH is 1. The van der Waals surface area contributed by atoms with Gasteiger partial charge in [-0.2, -0.15) is 0 Å². The van der Waals surface area contributed by atoms with E-state index < -0.39 is 11.9 Å². The van der Waals surface area contributed by atoms with Crippen LogP contribution in [0.3, 0.4) is 0 Å². The molecule has 1 aromatic rings. The predicted octanol–water partition coefficient (Wildman–Crippen LogP) is -0.344. The predicted molar refractivity (Wildman–Crippen MR) is 53.8 cm³/mol. The first kappa shape index (κ1) is 13.8. The second-order valence-electron chi connectivity index (χ2n) is 2.54. The molecule has 88 valence electrons. The molecule has 0 saturated heterocycles. The number of H-pyrrole nitrogens is 1. The molecule has 0 aliphatic heterocycles. The van der Waals surface area contributed by atoms with Crippen molar-refractivity contribution < 1.29 is 24.9 Å². The molecule has 0 fully saturated rings. The molecule has 0 saturated carbocycles. The van der Waals surface area contributed by atoms with Crippen molar-refractivity contribution in [3.05, 3.63) is 30.4 Å². The van der Waals surface area contributed by atoms with Crippen molar-refractivity contribution in [3.63, 3.8) is 0 Å². The molecule has 0 amide bonds. The summed E-state index contributed by atoms with van der Waals surface area (Å²) in [5.74, 6) is -2.51. The molecule has 1 rings (SSSR count). The van der Waals surface area contributed by atoms with E-state index in [9.17, 15) is 9.59 Å². The Kier molecular flexibility index (Phi) is 7.08. The molecule has 1 aromatic heterocycles. The van der Waals surface area contributed by atoms with Gasteiger partial charge < -0.3 is 20.3 Å². The Morgan fingerprint density at radius 3 is 2.19 bits per heavy atom. The number of aromatic nitrogens is 2. The molecule has 0 aliphatic rings. The van der Waals surface area contributed by atoms with Crippen LogP contribution in [0.5, 0.6) is 0 Å². The van der Waals surface area contributed by atoms with Gasteiger partial charge in [0, 0.05) is 31.4 Å². The van der Waals surface area contributed by atoms with Crippen LogP contribution in [0.25, 0.3) is 0 Å². The molecule has 0 bridgehead atoms. The van der Waals surface area contributed by atoms with Gasteiger partial charge in [-0.25, -0.2) is 14.6 Å². The number of aliphatic carboxylic acids is 2. The normalized spacial score (nSPS) is 9.56. The molecule has 7 heteroatoms. The molecule has 0 unspecified atom stereocenters. The monoisotopic (exact) mass is 228 g/mol. The maximum absolute atomic E-state index is 9.55. The molecule has 0 atom stereocenters. The quantitative estimate of drug-likeness (QED) is 0.522. The van der Waals surface area contributed by atoms with E-state index in [0.29, 0.717) is 18.6 Å². The Morgan fingerprint density at radius 2 is 1.88 bits per heavy atom. The number of carbonyl (C=O) groups is 2. The summed E-state index contributed by atoms with van der Waals surface area (Å²) in [6.07, 6.45) is 5.13. The number of carboxylic acids is 2. The van der Waals surface area contributed by atoms with E-state index in [4.69, 9.17) is 15.3 Å². The van der Waals surface area contributed by atoms with Gasteiger partial charge in [0.05, 0.1) is 12.0 Å². The first-order valence-electron chi connectivity index (χ1n) is 4.28. The largest absolute Gasteiger partial charge is 0.478 e. The third kappa shape index (κ3) is 8.45. The maximum atomic E-state index is 9.55. The highest BCUT2D eigenvalue weighted by atomic mass is 16.4. The van der Waals surface area contributed by atoms with Crippen LogP contribution >= 0.6 is 0 Å². The van der Waals surface area contributed by atoms with Crippen LogP contribution in [0.4, 0.5) is 0 Å². The topological polar surface area (TPSA) is 124 Å². The minimum Gasteiger partial charge on any atom is -0.478 e. The van der Waals surface area contributed by atoms with Crippen molar-refractivity contribution in [3.8, 4) is 0 Å². The van der Waals surface area contributed by atoms with E-state index in [1.54, 1.807) is 12.5 Å². The standard InChI is InChI=1S/C5H8N2O.C4H4O4/c8-2-1-5-3-6-4-7-5;5-3(6)1-2-4(7)8/h3-4,8H,1-2H2,(H,6,7);1-2H,(H,5,6)(H,7,8)/b;2-1-. The summed E-state index contributed by atoms with van der Waals surface area (Å²) < 4.78 is 0. The Morgan fingerprint density at radius 1 is 1.31 bits per heavy atom. The molecule has 0 aliphatic carbocycles. The first-order chi connectivity index (χ1) is 7.56. The fourth-order valence-corrected chi connectivity index (χ4v) is 0.685. The molecular weight excluding hydrogens is 216 g/mol. The first-order valence-corrected chi connectivity index (χ1v) is 4.28. The second kappa shape index (κ2) is 8.18. The molecule has 16 heavy (non-hydrogen) atoms. The minimum atomic E-state index is -1.26. The van der Waals surface area contributed by atoms with Gasteiger partial charge in [-0.1, -0.05) is 0 Å². The number of nitrogens with one attached hydrogen (secondary N) is 1. The highest BCUT2D eigenvalue weighted by Crippen LogP contribution is 1.89. The van der Waals surface area contributed by atoms with Crippen LogP contribution in [0.2, 0.25) is 0 Å². The number of nitrogens with zero attached hydrogens (tertiary/aromatic N) is 1. The van der Waals surface area contributed by atoms with Crippen LogP contribution in [0.1, 0.15) is 5.69 Å². The number of aromatic amines is 1. The lowest BCUT2D eigenvalue weighted by atomic mass is 10.4. The zero-order valence-corrected chi connectivity index (χ0v) is 8.33. The summed E-state index contributed by atoms with van der Waals surface area (Å²) in [5.41, 5.74) is 0.910. The number of imidazole rings is 1. The van der Waals surface area contributed by atoms with Crippen molar-refractivity contribution in [2.24, 2.45) is 0 Å². The third-order valence-electron chi connectivity index (χ3n) is 1.29. The van der Waals surface area contributed by atoms with Crippen LogP contribution in [-0.4, -0.2) is 43.8 Å². The number of hydrogen-bond donors (Lipinski definition) is 4. The van der Waals surface area contributed by atoms with Gasteiger partial charge >= 0.3 is 11.9 Å². The minimum absolute atomic E-state index is 0.171. The summed E-state index contributed by atoms with van der Waals surface area (Å²) in [7, 11) is 0. The Labute approximate surface area is 91.1 Å². The Balaban J connectivity index is 0.000000281. The van der Waals surface area contributed by atoms with E-state index in [0.717, 1.165) is 5.69 Å². The Bertz CT molecular complexity index is 329. The summed E-state index contributed by atoms with van der Waals surface area (Å²) in [4.78, 5) is 25.8. The van der Waals surface area contributed by atoms with Crippen molar-refractivity contribution >= 4 is 11.9 Å². The van der Waals surface area contributed by atoms with E-state index >= 15 is 0 Å². The number of aliphatic hydroxyl groups is 1. The molecule has 4 N–H and O–H groups in total. The van der Waals surface area contributed by atoms with Crippen LogP contribution in [0, 0.1) is 0 Å². The lowest BCUT2D eigenvalue weighted by Crippen LogP contribution is -1.91. The average Bonchev–Trinajstić information content (AvgIpc) is 2.69. The highest BCUT2D eigenvalue weighted by molar-refractivity contribution is 5.89. The van der Waals surface area contributed by atoms with Crippen molar-refractivity contribution in [1.29, 1.82) is 0 Å². The van der Waals surface area contributed by atoms with Crippen LogP contribution in [-0.2, 0) is 16.0 Å². The van der Waals surface area contributed by atoms with Gasteiger partial charge in [0.1, 0.15) is 0 Å². The van der Waals surface area contributed by atoms with E-state index in [2.05, 4.69) is 9.97 Å².